The Morgan fingerprint density at radius 3 is 2.14 bits per heavy atom. The molecular weight excluding hydrogens is 366 g/mol. The third kappa shape index (κ3) is 3.28. The maximum Gasteiger partial charge on any atom is 0.326 e. The van der Waals surface area contributed by atoms with Gasteiger partial charge in [-0.2, -0.15) is 0 Å². The minimum absolute atomic E-state index is 0.130. The van der Waals surface area contributed by atoms with Crippen molar-refractivity contribution in [1.29, 1.82) is 0 Å². The Bertz CT molecular complexity index is 874. The van der Waals surface area contributed by atoms with E-state index < -0.39 is 17.5 Å². The van der Waals surface area contributed by atoms with Crippen LogP contribution in [0.5, 0.6) is 0 Å². The van der Waals surface area contributed by atoms with E-state index in [1.54, 1.807) is 4.90 Å². The van der Waals surface area contributed by atoms with Crippen LogP contribution in [0.1, 0.15) is 37.3 Å². The molecule has 2 saturated heterocycles. The molecule has 0 aromatic heterocycles. The van der Waals surface area contributed by atoms with Gasteiger partial charge in [-0.05, 0) is 37.3 Å². The van der Waals surface area contributed by atoms with Crippen LogP contribution in [0, 0.1) is 0 Å². The molecule has 0 radical (unpaired) electrons. The summed E-state index contributed by atoms with van der Waals surface area (Å²) in [5.74, 6) is -0.601. The topological polar surface area (TPSA) is 69.7 Å². The van der Waals surface area contributed by atoms with Crippen LogP contribution in [-0.2, 0) is 15.1 Å². The van der Waals surface area contributed by atoms with Crippen LogP contribution in [0.3, 0.4) is 0 Å². The number of hydrogen-bond acceptors (Lipinski definition) is 3. The molecule has 2 aromatic carbocycles. The first-order chi connectivity index (χ1) is 14.0. The minimum atomic E-state index is -1.33. The minimum Gasteiger partial charge on any atom is -0.338 e. The van der Waals surface area contributed by atoms with E-state index in [-0.39, 0.29) is 18.5 Å². The molecule has 2 fully saturated rings. The summed E-state index contributed by atoms with van der Waals surface area (Å²) in [5, 5.41) is 2.89. The van der Waals surface area contributed by atoms with Crippen LogP contribution in [0.2, 0.25) is 0 Å². The van der Waals surface area contributed by atoms with Gasteiger partial charge in [0, 0.05) is 12.6 Å². The fourth-order valence-corrected chi connectivity index (χ4v) is 4.35. The van der Waals surface area contributed by atoms with E-state index in [1.165, 1.54) is 0 Å². The summed E-state index contributed by atoms with van der Waals surface area (Å²) < 4.78 is 0. The van der Waals surface area contributed by atoms with E-state index in [9.17, 15) is 14.4 Å². The summed E-state index contributed by atoms with van der Waals surface area (Å²) in [6, 6.07) is 18.0. The van der Waals surface area contributed by atoms with E-state index >= 15 is 0 Å². The molecule has 0 aliphatic carbocycles. The highest BCUT2D eigenvalue weighted by molar-refractivity contribution is 6.11. The number of nitrogens with one attached hydrogen (secondary N) is 1. The number of nitrogens with zero attached hydrogens (tertiary/aromatic N) is 2. The zero-order chi connectivity index (χ0) is 20.4. The van der Waals surface area contributed by atoms with Crippen LogP contribution >= 0.6 is 0 Å². The van der Waals surface area contributed by atoms with E-state index in [0.29, 0.717) is 17.7 Å². The van der Waals surface area contributed by atoms with Crippen LogP contribution in [0.15, 0.2) is 60.7 Å². The lowest BCUT2D eigenvalue weighted by Gasteiger charge is -2.34. The molecule has 0 bridgehead atoms. The first kappa shape index (κ1) is 19.2. The van der Waals surface area contributed by atoms with E-state index in [0.717, 1.165) is 24.2 Å². The Kier molecular flexibility index (Phi) is 5.09. The normalized spacial score (nSPS) is 21.2. The predicted octanol–water partition coefficient (Wildman–Crippen LogP) is 2.88. The van der Waals surface area contributed by atoms with Crippen molar-refractivity contribution in [3.8, 4) is 0 Å². The summed E-state index contributed by atoms with van der Waals surface area (Å²) in [5.41, 5.74) is 0.0182. The number of benzene rings is 2. The molecule has 2 aliphatic rings. The Labute approximate surface area is 170 Å². The quantitative estimate of drug-likeness (QED) is 0.815. The average Bonchev–Trinajstić information content (AvgIpc) is 3.01. The largest absolute Gasteiger partial charge is 0.338 e. The lowest BCUT2D eigenvalue weighted by Crippen LogP contribution is -2.49. The molecule has 1 N–H and O–H groups in total. The van der Waals surface area contributed by atoms with Gasteiger partial charge in [-0.3, -0.25) is 14.5 Å². The monoisotopic (exact) mass is 391 g/mol. The number of rotatable bonds is 4. The standard InChI is InChI=1S/C23H25N3O3/c1-17-10-8-9-15-25(17)20(27)16-26-21(28)23(24-22(26)29,18-11-4-2-5-12-18)19-13-6-3-7-14-19/h2-7,11-14,17H,8-10,15-16H2,1H3,(H,24,29)/t17-/m1/s1. The molecule has 2 aliphatic heterocycles. The zero-order valence-electron chi connectivity index (χ0n) is 16.5. The summed E-state index contributed by atoms with van der Waals surface area (Å²) in [7, 11) is 0. The maximum atomic E-state index is 13.6. The van der Waals surface area contributed by atoms with Gasteiger partial charge in [0.15, 0.2) is 5.54 Å². The molecule has 0 spiro atoms. The van der Waals surface area contributed by atoms with Crippen molar-refractivity contribution < 1.29 is 14.4 Å². The number of piperidine rings is 1. The Morgan fingerprint density at radius 1 is 1.00 bits per heavy atom. The Balaban J connectivity index is 1.68. The SMILES string of the molecule is C[C@@H]1CCCCN1C(=O)CN1C(=O)NC(c2ccccc2)(c2ccccc2)C1=O. The highest BCUT2D eigenvalue weighted by Gasteiger charge is 2.54. The third-order valence-corrected chi connectivity index (χ3v) is 5.94. The molecule has 2 heterocycles. The molecule has 0 unspecified atom stereocenters. The number of imide groups is 1. The second-order valence-electron chi connectivity index (χ2n) is 7.74. The summed E-state index contributed by atoms with van der Waals surface area (Å²) in [6.45, 7) is 2.45. The Morgan fingerprint density at radius 2 is 1.59 bits per heavy atom. The third-order valence-electron chi connectivity index (χ3n) is 5.94. The van der Waals surface area contributed by atoms with E-state index in [4.69, 9.17) is 0 Å². The number of likely N-dealkylation sites (tertiary alicyclic amines) is 1. The molecule has 2 aromatic rings. The molecule has 6 heteroatoms. The van der Waals surface area contributed by atoms with Crippen molar-refractivity contribution in [2.45, 2.75) is 37.8 Å². The molecule has 150 valence electrons. The average molecular weight is 391 g/mol. The van der Waals surface area contributed by atoms with E-state index in [1.807, 2.05) is 67.6 Å². The molecular formula is C23H25N3O3. The van der Waals surface area contributed by atoms with E-state index in [2.05, 4.69) is 5.32 Å². The lowest BCUT2D eigenvalue weighted by atomic mass is 9.82. The number of amides is 4. The number of carbonyl (C=O) groups is 3. The second kappa shape index (κ2) is 7.70. The Hall–Kier alpha value is -3.15. The van der Waals surface area contributed by atoms with Gasteiger partial charge in [-0.25, -0.2) is 4.79 Å². The fraction of sp³-hybridized carbons (Fsp3) is 0.348. The molecule has 1 atom stereocenters. The molecule has 4 rings (SSSR count). The summed E-state index contributed by atoms with van der Waals surface area (Å²) in [4.78, 5) is 42.2. The van der Waals surface area contributed by atoms with Crippen molar-refractivity contribution in [1.82, 2.24) is 15.1 Å². The van der Waals surface area contributed by atoms with Crippen LogP contribution in [0.4, 0.5) is 4.79 Å². The molecule has 4 amide bonds. The van der Waals surface area contributed by atoms with Gasteiger partial charge in [-0.15, -0.1) is 0 Å². The number of urea groups is 1. The van der Waals surface area contributed by atoms with Crippen molar-refractivity contribution in [2.75, 3.05) is 13.1 Å². The van der Waals surface area contributed by atoms with Gasteiger partial charge < -0.3 is 10.2 Å². The van der Waals surface area contributed by atoms with Gasteiger partial charge in [0.1, 0.15) is 6.54 Å². The van der Waals surface area contributed by atoms with Gasteiger partial charge in [0.2, 0.25) is 5.91 Å². The number of carbonyl (C=O) groups excluding carboxylic acids is 3. The van der Waals surface area contributed by atoms with Gasteiger partial charge in [0.05, 0.1) is 0 Å². The number of hydrogen-bond donors (Lipinski definition) is 1. The fourth-order valence-electron chi connectivity index (χ4n) is 4.35. The van der Waals surface area contributed by atoms with Gasteiger partial charge >= 0.3 is 6.03 Å². The van der Waals surface area contributed by atoms with Crippen molar-refractivity contribution in [3.63, 3.8) is 0 Å². The summed E-state index contributed by atoms with van der Waals surface area (Å²) >= 11 is 0. The van der Waals surface area contributed by atoms with Crippen LogP contribution < -0.4 is 5.32 Å². The van der Waals surface area contributed by atoms with Crippen LogP contribution in [-0.4, -0.2) is 46.8 Å². The lowest BCUT2D eigenvalue weighted by molar-refractivity contribution is -0.140. The van der Waals surface area contributed by atoms with Crippen LogP contribution in [0.25, 0.3) is 0 Å². The van der Waals surface area contributed by atoms with Crippen molar-refractivity contribution in [3.05, 3.63) is 71.8 Å². The van der Waals surface area contributed by atoms with Crippen molar-refractivity contribution in [2.24, 2.45) is 0 Å². The predicted molar refractivity (Wildman–Crippen MR) is 109 cm³/mol. The van der Waals surface area contributed by atoms with Gasteiger partial charge in [-0.1, -0.05) is 60.7 Å². The zero-order valence-corrected chi connectivity index (χ0v) is 16.5. The maximum absolute atomic E-state index is 13.6. The smallest absolute Gasteiger partial charge is 0.326 e. The summed E-state index contributed by atoms with van der Waals surface area (Å²) in [6.07, 6.45) is 3.00. The first-order valence-corrected chi connectivity index (χ1v) is 10.1. The molecule has 29 heavy (non-hydrogen) atoms. The van der Waals surface area contributed by atoms with Crippen molar-refractivity contribution >= 4 is 17.8 Å². The highest BCUT2D eigenvalue weighted by atomic mass is 16.2. The first-order valence-electron chi connectivity index (χ1n) is 10.1. The molecule has 0 saturated carbocycles. The highest BCUT2D eigenvalue weighted by Crippen LogP contribution is 2.36. The molecule has 6 nitrogen and oxygen atoms in total. The second-order valence-corrected chi connectivity index (χ2v) is 7.74. The van der Waals surface area contributed by atoms with Gasteiger partial charge in [0.25, 0.3) is 5.91 Å².